The van der Waals surface area contributed by atoms with Gasteiger partial charge in [0.2, 0.25) is 35.4 Å². The third kappa shape index (κ3) is 20.2. The molecule has 9 aliphatic rings. The van der Waals surface area contributed by atoms with Crippen LogP contribution >= 0.6 is 12.4 Å². The number of carbonyl (C=O) groups is 11. The van der Waals surface area contributed by atoms with E-state index in [0.717, 1.165) is 101 Å². The van der Waals surface area contributed by atoms with Crippen molar-refractivity contribution in [3.63, 3.8) is 0 Å². The number of nitrogens with one attached hydrogen (secondary N) is 8. The number of fused-ring (bicyclic) bond motifs is 3. The molecule has 3 unspecified atom stereocenters. The number of hydrogen-bond donors (Lipinski definition) is 9. The Bertz CT molecular complexity index is 2910. The van der Waals surface area contributed by atoms with Gasteiger partial charge in [-0.2, -0.15) is 0 Å². The number of ketones is 1. The van der Waals surface area contributed by atoms with Gasteiger partial charge in [-0.1, -0.05) is 24.3 Å². The zero-order chi connectivity index (χ0) is 63.4. The predicted octanol–water partition coefficient (Wildman–Crippen LogP) is 3.92. The van der Waals surface area contributed by atoms with Crippen molar-refractivity contribution in [2.24, 2.45) is 11.8 Å². The maximum atomic E-state index is 12.7. The van der Waals surface area contributed by atoms with Gasteiger partial charge in [-0.05, 0) is 175 Å². The second-order valence-electron chi connectivity index (χ2n) is 23.5. The topological polar surface area (TPSA) is 353 Å². The number of halogens is 1. The molecule has 6 saturated heterocycles. The molecule has 9 heterocycles. The van der Waals surface area contributed by atoms with E-state index >= 15 is 0 Å². The van der Waals surface area contributed by atoms with Crippen LogP contribution in [-0.2, 0) is 112 Å². The number of carbonyl (C=O) groups excluding carboxylic acids is 11. The molecule has 10 N–H and O–H groups in total. The quantitative estimate of drug-likeness (QED) is 0.0877. The van der Waals surface area contributed by atoms with Crippen molar-refractivity contribution in [2.75, 3.05) is 45.0 Å². The van der Waals surface area contributed by atoms with Gasteiger partial charge in [0.25, 0.3) is 24.2 Å². The molecule has 3 atom stereocenters. The normalized spacial score (nSPS) is 21.4. The molecule has 475 valence electrons. The number of piperidine rings is 6. The second-order valence-corrected chi connectivity index (χ2v) is 23.5. The van der Waals surface area contributed by atoms with Crippen molar-refractivity contribution in [3.05, 3.63) is 99.1 Å². The summed E-state index contributed by atoms with van der Waals surface area (Å²) in [7, 11) is 0. The van der Waals surface area contributed by atoms with Gasteiger partial charge in [-0.3, -0.25) is 68.7 Å². The molecule has 12 rings (SSSR count). The second kappa shape index (κ2) is 35.0. The van der Waals surface area contributed by atoms with Gasteiger partial charge in [-0.15, -0.1) is 12.4 Å². The van der Waals surface area contributed by atoms with Crippen LogP contribution < -0.4 is 37.6 Å². The van der Waals surface area contributed by atoms with E-state index in [2.05, 4.69) is 48.8 Å². The number of amides is 9. The Hall–Kier alpha value is -6.53. The monoisotopic (exact) mass is 1440 g/mol. The summed E-state index contributed by atoms with van der Waals surface area (Å²) >= 11 is 2.40. The van der Waals surface area contributed by atoms with Gasteiger partial charge in [-0.25, -0.2) is 0 Å². The first-order valence-corrected chi connectivity index (χ1v) is 31.7. The van der Waals surface area contributed by atoms with Crippen molar-refractivity contribution in [1.29, 1.82) is 8.12 Å². The minimum atomic E-state index is -0.571. The average molecular weight is 1440 g/mol. The first kappa shape index (κ1) is 72.2. The van der Waals surface area contributed by atoms with Gasteiger partial charge in [0.05, 0.1) is 0 Å². The molecule has 0 radical (unpaired) electrons. The molecule has 3 aromatic rings. The first-order valence-electron chi connectivity index (χ1n) is 29.5. The SMILES string of the molecule is CC(C)(C)OC=O.Cl.Nc1ccc2c(c1)CN(C1CCC(=O)NC1=O)C2=O.O=C1CCC(N2Cc3cc(CC4CCNCC4)ccc3C2=O)C(=O)N1.O=C1CCC(N2Cc3cc(CC4CCNCC4)ccc3C2=O)C(=O)N1.O=C1CCNCC1.[NH]=[V].[NH]=[W]. The summed E-state index contributed by atoms with van der Waals surface area (Å²) in [5.41, 5.74) is 13.3. The number of hydrogen-bond acceptors (Lipinski definition) is 18. The third-order valence-corrected chi connectivity index (χ3v) is 16.3. The van der Waals surface area contributed by atoms with Gasteiger partial charge in [0.15, 0.2) is 0 Å². The first-order chi connectivity index (χ1) is 41.7. The number of rotatable bonds is 8. The number of nitrogens with two attached hydrogens (primary N) is 1. The van der Waals surface area contributed by atoms with E-state index in [1.807, 2.05) is 45.0 Å². The average Bonchev–Trinajstić information content (AvgIpc) is 1.85. The zero-order valence-corrected chi connectivity index (χ0v) is 55.2. The van der Waals surface area contributed by atoms with Crippen LogP contribution in [0.1, 0.15) is 157 Å². The summed E-state index contributed by atoms with van der Waals surface area (Å²) in [4.78, 5) is 132. The van der Waals surface area contributed by atoms with Gasteiger partial charge >= 0.3 is 45.0 Å². The van der Waals surface area contributed by atoms with E-state index in [-0.39, 0.29) is 84.5 Å². The Labute approximate surface area is 539 Å². The molecular formula is C61H81ClN12O12VW. The summed E-state index contributed by atoms with van der Waals surface area (Å²) in [6.07, 6.45) is 10.4. The Morgan fingerprint density at radius 3 is 1.15 bits per heavy atom. The number of ether oxygens (including phenoxy) is 1. The van der Waals surface area contributed by atoms with Crippen molar-refractivity contribution in [1.82, 2.24) is 46.6 Å². The predicted molar refractivity (Wildman–Crippen MR) is 317 cm³/mol. The van der Waals surface area contributed by atoms with Crippen molar-refractivity contribution in [3.8, 4) is 0 Å². The Kier molecular flexibility index (Phi) is 28.7. The third-order valence-electron chi connectivity index (χ3n) is 16.3. The van der Waals surface area contributed by atoms with Crippen molar-refractivity contribution in [2.45, 2.75) is 154 Å². The number of Topliss-reactive ketones (excluding diaryl/α,β-unsaturated/α-hetero) is 1. The molecular weight excluding hydrogens is 1360 g/mol. The molecule has 88 heavy (non-hydrogen) atoms. The van der Waals surface area contributed by atoms with Gasteiger partial charge < -0.3 is 41.1 Å². The van der Waals surface area contributed by atoms with E-state index in [4.69, 9.17) is 13.9 Å². The summed E-state index contributed by atoms with van der Waals surface area (Å²) in [6, 6.07) is 15.6. The van der Waals surface area contributed by atoms with E-state index < -0.39 is 24.0 Å². The zero-order valence-electron chi connectivity index (χ0n) is 50.0. The van der Waals surface area contributed by atoms with Crippen LogP contribution in [0.2, 0.25) is 0 Å². The Morgan fingerprint density at radius 1 is 0.523 bits per heavy atom. The fraction of sp³-hybridized carbons (Fsp3) is 0.525. The van der Waals surface area contributed by atoms with Crippen molar-refractivity contribution >= 4 is 83.5 Å². The summed E-state index contributed by atoms with van der Waals surface area (Å²) in [6.45, 7) is 13.3. The van der Waals surface area contributed by atoms with Crippen LogP contribution in [0.5, 0.6) is 0 Å². The molecule has 9 aliphatic heterocycles. The van der Waals surface area contributed by atoms with Crippen LogP contribution in [-0.4, -0.2) is 143 Å². The molecule has 0 spiro atoms. The Balaban J connectivity index is 0.000000211. The molecule has 0 bridgehead atoms. The van der Waals surface area contributed by atoms with Gasteiger partial charge in [0.1, 0.15) is 29.5 Å². The number of anilines is 1. The standard InChI is InChI=1S/2C19H23N3O3.C13H13N3O3.C5H9NO.C5H10O2.ClH.2HN.V.W/c2*23-17-4-3-16(18(24)21-17)22-11-14-10-13(1-2-15(14)19(22)25)9-12-5-7-20-8-6-12;14-8-1-2-9-7(5-8)6-16(13(9)19)10-3-4-11(17)15-12(10)18;7-5-1-3-6-4-2-5;1-5(2,3)7-4-6;;;;;/h2*1-2,10,12,16,20H,3-9,11H2,(H,21,23,24);1-2,5,10H,3-4,6,14H2,(H,15,17,18);6H,1-4H2;4H,1-3H3;3*1H;;. The van der Waals surface area contributed by atoms with Crippen LogP contribution in [0.15, 0.2) is 54.6 Å². The van der Waals surface area contributed by atoms with Crippen LogP contribution in [0.25, 0.3) is 0 Å². The van der Waals surface area contributed by atoms with Crippen LogP contribution in [0.4, 0.5) is 5.69 Å². The fourth-order valence-electron chi connectivity index (χ4n) is 11.8. The molecule has 3 aromatic carbocycles. The van der Waals surface area contributed by atoms with Gasteiger partial charge in [0, 0.05) is 87.2 Å². The minimum absolute atomic E-state index is 0. The number of benzene rings is 3. The molecule has 24 nitrogen and oxygen atoms in total. The molecule has 0 aromatic heterocycles. The molecule has 0 aliphatic carbocycles. The summed E-state index contributed by atoms with van der Waals surface area (Å²) in [5.74, 6) is -0.478. The van der Waals surface area contributed by atoms with E-state index in [9.17, 15) is 52.7 Å². The molecule has 27 heteroatoms. The molecule has 9 amide bonds. The maximum absolute atomic E-state index is 12.7. The fourth-order valence-corrected chi connectivity index (χ4v) is 11.8. The number of nitrogen functional groups attached to an aromatic ring is 1. The summed E-state index contributed by atoms with van der Waals surface area (Å²) < 4.78 is 16.1. The van der Waals surface area contributed by atoms with Crippen molar-refractivity contribution < 1.29 is 94.3 Å². The van der Waals surface area contributed by atoms with Crippen LogP contribution in [0.3, 0.4) is 0 Å². The van der Waals surface area contributed by atoms with E-state index in [1.54, 1.807) is 45.2 Å². The van der Waals surface area contributed by atoms with Crippen LogP contribution in [0, 0.1) is 20.0 Å². The molecule has 6 fully saturated rings. The van der Waals surface area contributed by atoms with E-state index in [1.165, 1.54) is 41.7 Å². The molecule has 0 saturated carbocycles. The number of nitrogens with zero attached hydrogens (tertiary/aromatic N) is 3. The number of imide groups is 3. The summed E-state index contributed by atoms with van der Waals surface area (Å²) in [5, 5.41) is 16.8. The Morgan fingerprint density at radius 2 is 0.852 bits per heavy atom. The van der Waals surface area contributed by atoms with E-state index in [0.29, 0.717) is 85.4 Å².